The van der Waals surface area contributed by atoms with Crippen LogP contribution in [0, 0.1) is 5.82 Å². The van der Waals surface area contributed by atoms with Gasteiger partial charge in [0.25, 0.3) is 0 Å². The molecule has 26 heavy (non-hydrogen) atoms. The number of halogens is 1. The molecule has 0 radical (unpaired) electrons. The summed E-state index contributed by atoms with van der Waals surface area (Å²) in [6.07, 6.45) is 1.91. The fraction of sp³-hybridized carbons (Fsp3) is 0.200. The number of aliphatic imine (C=N–C) groups is 1. The molecule has 0 aliphatic carbocycles. The fourth-order valence-corrected chi connectivity index (χ4v) is 3.19. The third kappa shape index (κ3) is 3.80. The highest BCUT2D eigenvalue weighted by Crippen LogP contribution is 2.36. The number of thioether (sulfide) groups is 1. The first kappa shape index (κ1) is 18.2. The summed E-state index contributed by atoms with van der Waals surface area (Å²) in [5, 5.41) is 3.92. The SMILES string of the molecule is CCOC(=O)C1=C(c2ccccc2)NC(SC)=NC1c1ccc(F)cc1. The molecular formula is C20H19FN2O2S. The van der Waals surface area contributed by atoms with Crippen LogP contribution in [0.25, 0.3) is 5.70 Å². The molecule has 1 unspecified atom stereocenters. The van der Waals surface area contributed by atoms with Crippen molar-refractivity contribution in [1.29, 1.82) is 0 Å². The summed E-state index contributed by atoms with van der Waals surface area (Å²) < 4.78 is 18.6. The van der Waals surface area contributed by atoms with E-state index >= 15 is 0 Å². The van der Waals surface area contributed by atoms with Gasteiger partial charge in [-0.3, -0.25) is 0 Å². The molecule has 1 aliphatic heterocycles. The van der Waals surface area contributed by atoms with E-state index in [2.05, 4.69) is 10.3 Å². The number of hydrogen-bond donors (Lipinski definition) is 1. The molecule has 1 heterocycles. The first-order valence-corrected chi connectivity index (χ1v) is 9.47. The van der Waals surface area contributed by atoms with Crippen molar-refractivity contribution in [3.8, 4) is 0 Å². The molecule has 0 amide bonds. The van der Waals surface area contributed by atoms with Crippen LogP contribution in [0.1, 0.15) is 24.1 Å². The average Bonchev–Trinajstić information content (AvgIpc) is 2.68. The minimum Gasteiger partial charge on any atom is -0.463 e. The number of rotatable bonds is 4. The van der Waals surface area contributed by atoms with Crippen molar-refractivity contribution in [2.75, 3.05) is 12.9 Å². The predicted molar refractivity (Wildman–Crippen MR) is 103 cm³/mol. The maximum atomic E-state index is 13.4. The maximum Gasteiger partial charge on any atom is 0.338 e. The van der Waals surface area contributed by atoms with Crippen LogP contribution in [-0.4, -0.2) is 24.0 Å². The quantitative estimate of drug-likeness (QED) is 0.821. The molecule has 3 rings (SSSR count). The zero-order valence-electron chi connectivity index (χ0n) is 14.5. The number of hydrogen-bond acceptors (Lipinski definition) is 5. The summed E-state index contributed by atoms with van der Waals surface area (Å²) in [7, 11) is 0. The zero-order chi connectivity index (χ0) is 18.5. The molecule has 6 heteroatoms. The molecule has 0 saturated heterocycles. The van der Waals surface area contributed by atoms with E-state index in [-0.39, 0.29) is 12.4 Å². The summed E-state index contributed by atoms with van der Waals surface area (Å²) in [6, 6.07) is 15.1. The van der Waals surface area contributed by atoms with Crippen molar-refractivity contribution in [2.24, 2.45) is 4.99 Å². The van der Waals surface area contributed by atoms with E-state index in [1.807, 2.05) is 36.6 Å². The van der Waals surface area contributed by atoms with Crippen LogP contribution in [0.3, 0.4) is 0 Å². The van der Waals surface area contributed by atoms with Crippen molar-refractivity contribution in [1.82, 2.24) is 5.32 Å². The van der Waals surface area contributed by atoms with Gasteiger partial charge >= 0.3 is 5.97 Å². The first-order chi connectivity index (χ1) is 12.6. The monoisotopic (exact) mass is 370 g/mol. The number of carbonyl (C=O) groups is 1. The average molecular weight is 370 g/mol. The van der Waals surface area contributed by atoms with Crippen LogP contribution in [0.15, 0.2) is 65.2 Å². The van der Waals surface area contributed by atoms with E-state index in [0.29, 0.717) is 16.4 Å². The van der Waals surface area contributed by atoms with Gasteiger partial charge in [-0.15, -0.1) is 0 Å². The highest BCUT2D eigenvalue weighted by molar-refractivity contribution is 8.13. The normalized spacial score (nSPS) is 16.7. The van der Waals surface area contributed by atoms with Crippen molar-refractivity contribution in [3.05, 3.63) is 77.1 Å². The minimum absolute atomic E-state index is 0.264. The molecule has 0 bridgehead atoms. The number of esters is 1. The van der Waals surface area contributed by atoms with Gasteiger partial charge in [-0.2, -0.15) is 0 Å². The Morgan fingerprint density at radius 3 is 2.50 bits per heavy atom. The van der Waals surface area contributed by atoms with Gasteiger partial charge < -0.3 is 10.1 Å². The van der Waals surface area contributed by atoms with E-state index in [1.165, 1.54) is 23.9 Å². The topological polar surface area (TPSA) is 50.7 Å². The van der Waals surface area contributed by atoms with Gasteiger partial charge in [-0.05, 0) is 36.4 Å². The third-order valence-electron chi connectivity index (χ3n) is 3.96. The highest BCUT2D eigenvalue weighted by atomic mass is 32.2. The van der Waals surface area contributed by atoms with Crippen molar-refractivity contribution >= 4 is 28.6 Å². The van der Waals surface area contributed by atoms with Crippen LogP contribution < -0.4 is 5.32 Å². The van der Waals surface area contributed by atoms with E-state index in [9.17, 15) is 9.18 Å². The fourth-order valence-electron chi connectivity index (χ4n) is 2.77. The lowest BCUT2D eigenvalue weighted by Gasteiger charge is -2.27. The maximum absolute atomic E-state index is 13.4. The molecule has 1 aliphatic rings. The molecule has 4 nitrogen and oxygen atoms in total. The number of nitrogens with zero attached hydrogens (tertiary/aromatic N) is 1. The van der Waals surface area contributed by atoms with Gasteiger partial charge in [0.05, 0.1) is 17.9 Å². The van der Waals surface area contributed by atoms with Crippen LogP contribution in [0.4, 0.5) is 4.39 Å². The van der Waals surface area contributed by atoms with E-state index < -0.39 is 12.0 Å². The van der Waals surface area contributed by atoms with Gasteiger partial charge in [0.15, 0.2) is 5.17 Å². The summed E-state index contributed by atoms with van der Waals surface area (Å²) in [6.45, 7) is 2.03. The molecule has 0 saturated carbocycles. The zero-order valence-corrected chi connectivity index (χ0v) is 15.3. The number of amidine groups is 1. The van der Waals surface area contributed by atoms with Crippen LogP contribution in [0.2, 0.25) is 0 Å². The Balaban J connectivity index is 2.18. The number of benzene rings is 2. The van der Waals surface area contributed by atoms with Gasteiger partial charge in [0, 0.05) is 0 Å². The summed E-state index contributed by atoms with van der Waals surface area (Å²) in [5.41, 5.74) is 2.68. The second-order valence-electron chi connectivity index (χ2n) is 5.59. The molecule has 0 aromatic heterocycles. The lowest BCUT2D eigenvalue weighted by molar-refractivity contribution is -0.138. The van der Waals surface area contributed by atoms with Crippen molar-refractivity contribution in [3.63, 3.8) is 0 Å². The van der Waals surface area contributed by atoms with Gasteiger partial charge in [0.1, 0.15) is 11.9 Å². The minimum atomic E-state index is -0.562. The lowest BCUT2D eigenvalue weighted by atomic mass is 9.93. The Morgan fingerprint density at radius 2 is 1.88 bits per heavy atom. The number of ether oxygens (including phenoxy) is 1. The molecule has 2 aromatic rings. The largest absolute Gasteiger partial charge is 0.463 e. The molecular weight excluding hydrogens is 351 g/mol. The lowest BCUT2D eigenvalue weighted by Crippen LogP contribution is -2.30. The van der Waals surface area contributed by atoms with Crippen LogP contribution in [-0.2, 0) is 9.53 Å². The smallest absolute Gasteiger partial charge is 0.338 e. The third-order valence-corrected chi connectivity index (χ3v) is 4.55. The summed E-state index contributed by atoms with van der Waals surface area (Å²) >= 11 is 1.45. The van der Waals surface area contributed by atoms with Crippen LogP contribution in [0.5, 0.6) is 0 Å². The van der Waals surface area contributed by atoms with E-state index in [4.69, 9.17) is 4.74 Å². The molecule has 1 atom stereocenters. The van der Waals surface area contributed by atoms with Crippen LogP contribution >= 0.6 is 11.8 Å². The molecule has 1 N–H and O–H groups in total. The molecule has 0 fully saturated rings. The second-order valence-corrected chi connectivity index (χ2v) is 6.39. The predicted octanol–water partition coefficient (Wildman–Crippen LogP) is 4.16. The summed E-state index contributed by atoms with van der Waals surface area (Å²) in [5.74, 6) is -0.765. The molecule has 134 valence electrons. The Kier molecular flexibility index (Phi) is 5.73. The highest BCUT2D eigenvalue weighted by Gasteiger charge is 2.32. The Labute approximate surface area is 156 Å². The molecule has 0 spiro atoms. The Morgan fingerprint density at radius 1 is 1.19 bits per heavy atom. The van der Waals surface area contributed by atoms with Gasteiger partial charge in [-0.1, -0.05) is 54.2 Å². The van der Waals surface area contributed by atoms with Crippen molar-refractivity contribution in [2.45, 2.75) is 13.0 Å². The second kappa shape index (κ2) is 8.19. The molecule has 2 aromatic carbocycles. The van der Waals surface area contributed by atoms with Gasteiger partial charge in [-0.25, -0.2) is 14.2 Å². The summed E-state index contributed by atoms with van der Waals surface area (Å²) in [4.78, 5) is 17.4. The van der Waals surface area contributed by atoms with Gasteiger partial charge in [0.2, 0.25) is 0 Å². The first-order valence-electron chi connectivity index (χ1n) is 8.25. The number of carbonyl (C=O) groups excluding carboxylic acids is 1. The Bertz CT molecular complexity index is 848. The van der Waals surface area contributed by atoms with E-state index in [0.717, 1.165) is 11.1 Å². The van der Waals surface area contributed by atoms with E-state index in [1.54, 1.807) is 19.1 Å². The van der Waals surface area contributed by atoms with Crippen molar-refractivity contribution < 1.29 is 13.9 Å². The standard InChI is InChI=1S/C20H19FN2O2S/c1-3-25-19(24)16-17(13-7-5-4-6-8-13)22-20(26-2)23-18(16)14-9-11-15(21)12-10-14/h4-12,18H,3H2,1-2H3,(H,22,23). The number of nitrogens with one attached hydrogen (secondary N) is 1. The Hall–Kier alpha value is -2.60.